The highest BCUT2D eigenvalue weighted by molar-refractivity contribution is 6.38. The molecule has 4 rings (SSSR count). The molecule has 0 bridgehead atoms. The molecule has 0 radical (unpaired) electrons. The van der Waals surface area contributed by atoms with Gasteiger partial charge in [-0.3, -0.25) is 14.4 Å². The van der Waals surface area contributed by atoms with Crippen LogP contribution in [0.5, 0.6) is 0 Å². The van der Waals surface area contributed by atoms with Gasteiger partial charge in [0.15, 0.2) is 0 Å². The fourth-order valence-electron chi connectivity index (χ4n) is 3.38. The van der Waals surface area contributed by atoms with Crippen LogP contribution >= 0.6 is 69.6 Å². The standard InChI is InChI=1S/C27H15Cl6N3O3/c28-16-1-4-22(19(31)10-16)34-25(37)13-7-14(26(38)35-23-5-2-17(29)11-20(23)32)9-15(8-13)27(39)36-24-6-3-18(30)12-21(24)33/h1-12H,(H,34,37)(H,35,38)(H,36,39). The number of hydrogen-bond acceptors (Lipinski definition) is 3. The largest absolute Gasteiger partial charge is 0.321 e. The molecule has 0 saturated heterocycles. The molecule has 4 aromatic carbocycles. The highest BCUT2D eigenvalue weighted by Crippen LogP contribution is 2.29. The molecule has 0 heterocycles. The maximum Gasteiger partial charge on any atom is 0.255 e. The molecule has 3 amide bonds. The van der Waals surface area contributed by atoms with Gasteiger partial charge in [0.2, 0.25) is 0 Å². The fraction of sp³-hybridized carbons (Fsp3) is 0. The first-order valence-electron chi connectivity index (χ1n) is 10.9. The molecule has 0 atom stereocenters. The third-order valence-electron chi connectivity index (χ3n) is 5.26. The summed E-state index contributed by atoms with van der Waals surface area (Å²) in [6.07, 6.45) is 0. The number of hydrogen-bond donors (Lipinski definition) is 3. The minimum Gasteiger partial charge on any atom is -0.321 e. The van der Waals surface area contributed by atoms with Gasteiger partial charge in [0.1, 0.15) is 0 Å². The topological polar surface area (TPSA) is 87.3 Å². The van der Waals surface area contributed by atoms with E-state index in [1.165, 1.54) is 54.6 Å². The summed E-state index contributed by atoms with van der Waals surface area (Å²) in [5.41, 5.74) is 0.864. The van der Waals surface area contributed by atoms with Crippen LogP contribution in [0, 0.1) is 0 Å². The number of anilines is 3. The molecule has 0 unspecified atom stereocenters. The lowest BCUT2D eigenvalue weighted by Gasteiger charge is -2.13. The first-order valence-corrected chi connectivity index (χ1v) is 13.2. The molecule has 4 aromatic rings. The molecule has 0 aliphatic heterocycles. The van der Waals surface area contributed by atoms with E-state index in [-0.39, 0.29) is 48.8 Å². The Morgan fingerprint density at radius 1 is 0.410 bits per heavy atom. The average Bonchev–Trinajstić information content (AvgIpc) is 2.88. The molecule has 6 nitrogen and oxygen atoms in total. The Balaban J connectivity index is 1.69. The first kappa shape index (κ1) is 29.0. The third kappa shape index (κ3) is 7.37. The van der Waals surface area contributed by atoms with Gasteiger partial charge < -0.3 is 16.0 Å². The maximum atomic E-state index is 13.2. The Morgan fingerprint density at radius 3 is 0.897 bits per heavy atom. The van der Waals surface area contributed by atoms with Gasteiger partial charge in [-0.1, -0.05) is 69.6 Å². The lowest BCUT2D eigenvalue weighted by atomic mass is 10.0. The van der Waals surface area contributed by atoms with Crippen LogP contribution < -0.4 is 16.0 Å². The van der Waals surface area contributed by atoms with Crippen molar-refractivity contribution >= 4 is 104 Å². The number of carbonyl (C=O) groups excluding carboxylic acids is 3. The van der Waals surface area contributed by atoms with Gasteiger partial charge in [-0.2, -0.15) is 0 Å². The quantitative estimate of drug-likeness (QED) is 0.196. The zero-order chi connectivity index (χ0) is 28.3. The van der Waals surface area contributed by atoms with Crippen LogP contribution in [0.4, 0.5) is 17.1 Å². The van der Waals surface area contributed by atoms with Crippen LogP contribution in [-0.4, -0.2) is 17.7 Å². The van der Waals surface area contributed by atoms with Gasteiger partial charge in [-0.15, -0.1) is 0 Å². The summed E-state index contributed by atoms with van der Waals surface area (Å²) < 4.78 is 0. The Bertz CT molecular complexity index is 1430. The second kappa shape index (κ2) is 12.5. The molecule has 198 valence electrons. The minimum absolute atomic E-state index is 0.00298. The summed E-state index contributed by atoms with van der Waals surface area (Å²) in [5, 5.41) is 9.73. The zero-order valence-electron chi connectivity index (χ0n) is 19.4. The summed E-state index contributed by atoms with van der Waals surface area (Å²) in [4.78, 5) is 39.5. The first-order chi connectivity index (χ1) is 18.5. The number of carbonyl (C=O) groups is 3. The molecule has 0 spiro atoms. The van der Waals surface area contributed by atoms with E-state index >= 15 is 0 Å². The Hall–Kier alpha value is -2.97. The van der Waals surface area contributed by atoms with E-state index in [2.05, 4.69) is 16.0 Å². The number of rotatable bonds is 6. The van der Waals surface area contributed by atoms with E-state index in [1.54, 1.807) is 18.2 Å². The molecular formula is C27H15Cl6N3O3. The van der Waals surface area contributed by atoms with Crippen molar-refractivity contribution in [2.75, 3.05) is 16.0 Å². The molecule has 0 aromatic heterocycles. The van der Waals surface area contributed by atoms with Crippen molar-refractivity contribution in [1.29, 1.82) is 0 Å². The van der Waals surface area contributed by atoms with Crippen molar-refractivity contribution in [2.45, 2.75) is 0 Å². The summed E-state index contributed by atoms with van der Waals surface area (Å²) >= 11 is 36.4. The van der Waals surface area contributed by atoms with E-state index in [0.29, 0.717) is 15.1 Å². The summed E-state index contributed by atoms with van der Waals surface area (Å²) in [6, 6.07) is 17.6. The van der Waals surface area contributed by atoms with Gasteiger partial charge in [-0.25, -0.2) is 0 Å². The number of amides is 3. The van der Waals surface area contributed by atoms with E-state index in [4.69, 9.17) is 69.6 Å². The fourth-order valence-corrected chi connectivity index (χ4v) is 4.74. The van der Waals surface area contributed by atoms with Crippen molar-refractivity contribution < 1.29 is 14.4 Å². The van der Waals surface area contributed by atoms with Gasteiger partial charge in [0.05, 0.1) is 32.1 Å². The smallest absolute Gasteiger partial charge is 0.255 e. The second-order valence-electron chi connectivity index (χ2n) is 8.03. The lowest BCUT2D eigenvalue weighted by Crippen LogP contribution is -2.19. The lowest BCUT2D eigenvalue weighted by molar-refractivity contribution is 0.102. The van der Waals surface area contributed by atoms with Gasteiger partial charge >= 0.3 is 0 Å². The molecule has 0 aliphatic rings. The van der Waals surface area contributed by atoms with Gasteiger partial charge in [-0.05, 0) is 72.8 Å². The Kier molecular flexibility index (Phi) is 9.28. The van der Waals surface area contributed by atoms with Crippen molar-refractivity contribution in [3.05, 3.63) is 120 Å². The average molecular weight is 642 g/mol. The van der Waals surface area contributed by atoms with Crippen LogP contribution in [0.1, 0.15) is 31.1 Å². The van der Waals surface area contributed by atoms with Crippen molar-refractivity contribution in [3.8, 4) is 0 Å². The predicted octanol–water partition coefficient (Wildman–Crippen LogP) is 9.36. The van der Waals surface area contributed by atoms with Gasteiger partial charge in [0, 0.05) is 31.8 Å². The zero-order valence-corrected chi connectivity index (χ0v) is 24.0. The Labute approximate surface area is 253 Å². The molecule has 0 saturated carbocycles. The van der Waals surface area contributed by atoms with E-state index in [1.807, 2.05) is 0 Å². The van der Waals surface area contributed by atoms with Crippen molar-refractivity contribution in [3.63, 3.8) is 0 Å². The SMILES string of the molecule is O=C(Nc1ccc(Cl)cc1Cl)c1cc(C(=O)Nc2ccc(Cl)cc2Cl)cc(C(=O)Nc2ccc(Cl)cc2Cl)c1. The molecule has 0 fully saturated rings. The maximum absolute atomic E-state index is 13.2. The molecular weight excluding hydrogens is 627 g/mol. The van der Waals surface area contributed by atoms with E-state index in [0.717, 1.165) is 0 Å². The highest BCUT2D eigenvalue weighted by atomic mass is 35.5. The normalized spacial score (nSPS) is 10.6. The number of benzene rings is 4. The van der Waals surface area contributed by atoms with Crippen LogP contribution in [-0.2, 0) is 0 Å². The van der Waals surface area contributed by atoms with Crippen LogP contribution in [0.3, 0.4) is 0 Å². The second-order valence-corrected chi connectivity index (χ2v) is 10.6. The van der Waals surface area contributed by atoms with Crippen LogP contribution in [0.2, 0.25) is 30.1 Å². The van der Waals surface area contributed by atoms with Crippen molar-refractivity contribution in [2.24, 2.45) is 0 Å². The summed E-state index contributed by atoms with van der Waals surface area (Å²) in [7, 11) is 0. The number of nitrogens with one attached hydrogen (secondary N) is 3. The highest BCUT2D eigenvalue weighted by Gasteiger charge is 2.19. The van der Waals surface area contributed by atoms with Crippen molar-refractivity contribution in [1.82, 2.24) is 0 Å². The summed E-state index contributed by atoms with van der Waals surface area (Å²) in [5.74, 6) is -1.88. The van der Waals surface area contributed by atoms with Crippen LogP contribution in [0.25, 0.3) is 0 Å². The number of halogens is 6. The van der Waals surface area contributed by atoms with E-state index < -0.39 is 17.7 Å². The predicted molar refractivity (Wildman–Crippen MR) is 160 cm³/mol. The monoisotopic (exact) mass is 639 g/mol. The third-order valence-corrected chi connectivity index (χ3v) is 6.90. The molecule has 39 heavy (non-hydrogen) atoms. The Morgan fingerprint density at radius 2 is 0.667 bits per heavy atom. The minimum atomic E-state index is -0.628. The molecule has 12 heteroatoms. The molecule has 0 aliphatic carbocycles. The van der Waals surface area contributed by atoms with E-state index in [9.17, 15) is 14.4 Å². The summed E-state index contributed by atoms with van der Waals surface area (Å²) in [6.45, 7) is 0. The van der Waals surface area contributed by atoms with Crippen LogP contribution in [0.15, 0.2) is 72.8 Å². The van der Waals surface area contributed by atoms with Gasteiger partial charge in [0.25, 0.3) is 17.7 Å². The molecule has 3 N–H and O–H groups in total.